The maximum Gasteiger partial charge on any atom is 0.417 e. The number of alkyl halides is 3. The van der Waals surface area contributed by atoms with Gasteiger partial charge in [0, 0.05) is 23.4 Å². The molecule has 1 saturated carbocycles. The van der Waals surface area contributed by atoms with Crippen molar-refractivity contribution >= 4 is 0 Å². The van der Waals surface area contributed by atoms with Gasteiger partial charge in [0.05, 0.1) is 17.4 Å². The van der Waals surface area contributed by atoms with Crippen molar-refractivity contribution in [2.45, 2.75) is 70.6 Å². The largest absolute Gasteiger partial charge is 0.417 e. The van der Waals surface area contributed by atoms with Crippen LogP contribution in [-0.2, 0) is 11.6 Å². The predicted octanol–water partition coefficient (Wildman–Crippen LogP) is 5.20. The van der Waals surface area contributed by atoms with Crippen molar-refractivity contribution in [3.05, 3.63) is 41.3 Å². The molecule has 0 spiro atoms. The molecule has 1 aliphatic carbocycles. The fourth-order valence-electron chi connectivity index (χ4n) is 3.70. The van der Waals surface area contributed by atoms with Crippen LogP contribution in [0.4, 0.5) is 13.2 Å². The number of aliphatic hydroxyl groups excluding tert-OH is 1. The zero-order valence-corrected chi connectivity index (χ0v) is 15.9. The zero-order chi connectivity index (χ0) is 19.8. The van der Waals surface area contributed by atoms with Gasteiger partial charge in [0.2, 0.25) is 0 Å². The minimum Gasteiger partial charge on any atom is -0.388 e. The average molecular weight is 381 g/mol. The third-order valence-electron chi connectivity index (χ3n) is 5.18. The van der Waals surface area contributed by atoms with Gasteiger partial charge in [-0.1, -0.05) is 40.0 Å². The fraction of sp³-hybridized carbons (Fsp3) is 0.600. The maximum atomic E-state index is 12.8. The molecule has 0 saturated heterocycles. The van der Waals surface area contributed by atoms with Crippen molar-refractivity contribution in [2.75, 3.05) is 0 Å². The highest BCUT2D eigenvalue weighted by molar-refractivity contribution is 5.33. The molecule has 1 N–H and O–H groups in total. The number of hydrogen-bond donors (Lipinski definition) is 1. The molecule has 0 radical (unpaired) electrons. The first-order chi connectivity index (χ1) is 12.6. The Kier molecular flexibility index (Phi) is 5.34. The number of rotatable bonds is 3. The molecule has 4 nitrogen and oxygen atoms in total. The summed E-state index contributed by atoms with van der Waals surface area (Å²) >= 11 is 0. The van der Waals surface area contributed by atoms with Crippen LogP contribution < -0.4 is 0 Å². The summed E-state index contributed by atoms with van der Waals surface area (Å²) in [5.74, 6) is 0.494. The van der Waals surface area contributed by atoms with E-state index < -0.39 is 17.8 Å². The van der Waals surface area contributed by atoms with E-state index >= 15 is 0 Å². The van der Waals surface area contributed by atoms with Crippen LogP contribution in [0, 0.1) is 5.92 Å². The van der Waals surface area contributed by atoms with Crippen molar-refractivity contribution < 1.29 is 18.3 Å². The summed E-state index contributed by atoms with van der Waals surface area (Å²) in [5.41, 5.74) is 0.401. The first-order valence-corrected chi connectivity index (χ1v) is 9.39. The standard InChI is InChI=1S/C20H26F3N3O/c1-19(2,3)18-15(17(27)13-7-5-4-6-8-13)12-26(25-18)16-10-9-14(11-24-16)20(21,22)23/h9-13,17,27H,4-8H2,1-3H3. The van der Waals surface area contributed by atoms with Crippen molar-refractivity contribution in [2.24, 2.45) is 5.92 Å². The van der Waals surface area contributed by atoms with Crippen molar-refractivity contribution in [3.8, 4) is 5.82 Å². The molecule has 27 heavy (non-hydrogen) atoms. The van der Waals surface area contributed by atoms with Crippen LogP contribution in [-0.4, -0.2) is 19.9 Å². The molecule has 1 atom stereocenters. The van der Waals surface area contributed by atoms with Gasteiger partial charge in [0.15, 0.2) is 5.82 Å². The fourth-order valence-corrected chi connectivity index (χ4v) is 3.70. The Hall–Kier alpha value is -1.89. The maximum absolute atomic E-state index is 12.8. The minimum absolute atomic E-state index is 0.193. The SMILES string of the molecule is CC(C)(C)c1nn(-c2ccc(C(F)(F)F)cn2)cc1C(O)C1CCCCC1. The topological polar surface area (TPSA) is 50.9 Å². The van der Waals surface area contributed by atoms with E-state index in [1.807, 2.05) is 20.8 Å². The molecule has 148 valence electrons. The molecular weight excluding hydrogens is 355 g/mol. The Balaban J connectivity index is 1.96. The highest BCUT2D eigenvalue weighted by atomic mass is 19.4. The van der Waals surface area contributed by atoms with E-state index in [0.29, 0.717) is 5.82 Å². The summed E-state index contributed by atoms with van der Waals surface area (Å²) in [6, 6.07) is 2.30. The van der Waals surface area contributed by atoms with E-state index in [2.05, 4.69) is 10.1 Å². The molecule has 2 heterocycles. The van der Waals surface area contributed by atoms with Gasteiger partial charge in [-0.05, 0) is 30.9 Å². The van der Waals surface area contributed by atoms with E-state index in [1.54, 1.807) is 6.20 Å². The smallest absolute Gasteiger partial charge is 0.388 e. The lowest BCUT2D eigenvalue weighted by molar-refractivity contribution is -0.137. The third kappa shape index (κ3) is 4.34. The molecule has 3 rings (SSSR count). The number of aliphatic hydroxyl groups is 1. The Morgan fingerprint density at radius 2 is 1.78 bits per heavy atom. The first kappa shape index (κ1) is 19.9. The monoisotopic (exact) mass is 381 g/mol. The van der Waals surface area contributed by atoms with E-state index in [-0.39, 0.29) is 11.3 Å². The van der Waals surface area contributed by atoms with E-state index in [0.717, 1.165) is 49.2 Å². The number of halogens is 3. The summed E-state index contributed by atoms with van der Waals surface area (Å²) in [7, 11) is 0. The molecule has 0 amide bonds. The Morgan fingerprint density at radius 1 is 1.11 bits per heavy atom. The molecule has 2 aromatic rings. The molecule has 2 aromatic heterocycles. The highest BCUT2D eigenvalue weighted by Crippen LogP contribution is 2.38. The zero-order valence-electron chi connectivity index (χ0n) is 15.9. The molecular formula is C20H26F3N3O. The molecule has 1 unspecified atom stereocenters. The Labute approximate surface area is 157 Å². The van der Waals surface area contributed by atoms with Gasteiger partial charge in [0.1, 0.15) is 0 Å². The van der Waals surface area contributed by atoms with Gasteiger partial charge in [-0.15, -0.1) is 0 Å². The Morgan fingerprint density at radius 3 is 2.30 bits per heavy atom. The van der Waals surface area contributed by atoms with Gasteiger partial charge < -0.3 is 5.11 Å². The molecule has 1 aliphatic rings. The summed E-state index contributed by atoms with van der Waals surface area (Å²) in [4.78, 5) is 3.92. The van der Waals surface area contributed by atoms with Gasteiger partial charge in [-0.25, -0.2) is 9.67 Å². The molecule has 7 heteroatoms. The number of pyridine rings is 1. The molecule has 0 aromatic carbocycles. The highest BCUT2D eigenvalue weighted by Gasteiger charge is 2.33. The van der Waals surface area contributed by atoms with Crippen molar-refractivity contribution in [1.29, 1.82) is 0 Å². The lowest BCUT2D eigenvalue weighted by Crippen LogP contribution is -2.21. The van der Waals surface area contributed by atoms with Gasteiger partial charge in [-0.2, -0.15) is 18.3 Å². The second kappa shape index (κ2) is 7.26. The van der Waals surface area contributed by atoms with E-state index in [1.165, 1.54) is 17.2 Å². The average Bonchev–Trinajstić information content (AvgIpc) is 3.07. The van der Waals surface area contributed by atoms with Gasteiger partial charge in [-0.3, -0.25) is 0 Å². The number of aromatic nitrogens is 3. The molecule has 0 bridgehead atoms. The van der Waals surface area contributed by atoms with Crippen molar-refractivity contribution in [1.82, 2.24) is 14.8 Å². The van der Waals surface area contributed by atoms with Crippen molar-refractivity contribution in [3.63, 3.8) is 0 Å². The number of nitrogens with zero attached hydrogens (tertiary/aromatic N) is 3. The minimum atomic E-state index is -4.42. The quantitative estimate of drug-likeness (QED) is 0.795. The van der Waals surface area contributed by atoms with Crippen LogP contribution in [0.25, 0.3) is 5.82 Å². The van der Waals surface area contributed by atoms with Gasteiger partial charge >= 0.3 is 6.18 Å². The molecule has 1 fully saturated rings. The van der Waals surface area contributed by atoms with Gasteiger partial charge in [0.25, 0.3) is 0 Å². The summed E-state index contributed by atoms with van der Waals surface area (Å²) in [5, 5.41) is 15.6. The lowest BCUT2D eigenvalue weighted by Gasteiger charge is -2.28. The van der Waals surface area contributed by atoms with Crippen LogP contribution in [0.1, 0.15) is 75.8 Å². The summed E-state index contributed by atoms with van der Waals surface area (Å²) in [6.07, 6.45) is 2.87. The van der Waals surface area contributed by atoms with Crippen LogP contribution in [0.15, 0.2) is 24.5 Å². The predicted molar refractivity (Wildman–Crippen MR) is 96.6 cm³/mol. The first-order valence-electron chi connectivity index (χ1n) is 9.39. The lowest BCUT2D eigenvalue weighted by atomic mass is 9.80. The van der Waals surface area contributed by atoms with E-state index in [9.17, 15) is 18.3 Å². The number of hydrogen-bond acceptors (Lipinski definition) is 3. The van der Waals surface area contributed by atoms with Crippen LogP contribution >= 0.6 is 0 Å². The summed E-state index contributed by atoms with van der Waals surface area (Å²) < 4.78 is 39.8. The van der Waals surface area contributed by atoms with E-state index in [4.69, 9.17) is 0 Å². The Bertz CT molecular complexity index is 769. The van der Waals surface area contributed by atoms with Crippen LogP contribution in [0.3, 0.4) is 0 Å². The normalized spacial score (nSPS) is 17.9. The second-order valence-corrected chi connectivity index (χ2v) is 8.37. The summed E-state index contributed by atoms with van der Waals surface area (Å²) in [6.45, 7) is 6.03. The third-order valence-corrected chi connectivity index (χ3v) is 5.18. The van der Waals surface area contributed by atoms with Crippen LogP contribution in [0.5, 0.6) is 0 Å². The second-order valence-electron chi connectivity index (χ2n) is 8.37. The molecule has 0 aliphatic heterocycles. The van der Waals surface area contributed by atoms with Crippen LogP contribution in [0.2, 0.25) is 0 Å².